The van der Waals surface area contributed by atoms with Gasteiger partial charge in [0.1, 0.15) is 0 Å². The minimum atomic E-state index is -7.16. The van der Waals surface area contributed by atoms with Crippen molar-refractivity contribution in [3.8, 4) is 0 Å². The Kier molecular flexibility index (Phi) is 8.68. The molecule has 0 aromatic carbocycles. The maximum Gasteiger partial charge on any atom is 0.460 e. The summed E-state index contributed by atoms with van der Waals surface area (Å²) in [4.78, 5) is 0. The van der Waals surface area contributed by atoms with Crippen LogP contribution in [0.3, 0.4) is 0 Å². The van der Waals surface area contributed by atoms with Crippen molar-refractivity contribution in [1.82, 2.24) is 0 Å². The Balaban J connectivity index is 5.08. The lowest BCUT2D eigenvalue weighted by Gasteiger charge is -2.39. The van der Waals surface area contributed by atoms with Crippen molar-refractivity contribution < 1.29 is 48.3 Å². The second kappa shape index (κ2) is 8.95. The fraction of sp³-hybridized carbons (Fsp3) is 1.00. The molecular weight excluding hydrogens is 389 g/mol. The Hall–Kier alpha value is -0.770. The average Bonchev–Trinajstić information content (AvgIpc) is 2.47. The van der Waals surface area contributed by atoms with Crippen molar-refractivity contribution in [1.29, 1.82) is 0 Å². The van der Waals surface area contributed by atoms with Gasteiger partial charge in [-0.3, -0.25) is 0 Å². The highest BCUT2D eigenvalue weighted by molar-refractivity contribution is 5.08. The predicted molar refractivity (Wildman–Crippen MR) is 73.1 cm³/mol. The Labute approximate surface area is 144 Å². The highest BCUT2D eigenvalue weighted by atomic mass is 19.4. The minimum absolute atomic E-state index is 0.193. The Morgan fingerprint density at radius 3 is 1.19 bits per heavy atom. The zero-order chi connectivity index (χ0) is 20.9. The highest BCUT2D eigenvalue weighted by Gasteiger charge is 2.85. The predicted octanol–water partition coefficient (Wildman–Crippen LogP) is 7.62. The van der Waals surface area contributed by atoms with E-state index in [4.69, 9.17) is 0 Å². The van der Waals surface area contributed by atoms with Gasteiger partial charge in [0.25, 0.3) is 5.67 Å². The molecule has 0 bridgehead atoms. The van der Waals surface area contributed by atoms with Gasteiger partial charge in [0, 0.05) is 0 Å². The first-order chi connectivity index (χ1) is 11.6. The molecule has 0 fully saturated rings. The summed E-state index contributed by atoms with van der Waals surface area (Å²) in [5.74, 6) is -14.2. The molecule has 0 aliphatic carbocycles. The van der Waals surface area contributed by atoms with Crippen molar-refractivity contribution in [2.24, 2.45) is 0 Å². The molecule has 0 saturated heterocycles. The van der Waals surface area contributed by atoms with Crippen LogP contribution in [0, 0.1) is 0 Å². The van der Waals surface area contributed by atoms with Crippen molar-refractivity contribution in [2.75, 3.05) is 0 Å². The highest BCUT2D eigenvalue weighted by Crippen LogP contribution is 2.58. The molecule has 0 amide bonds. The van der Waals surface area contributed by atoms with Crippen LogP contribution >= 0.6 is 0 Å². The van der Waals surface area contributed by atoms with Gasteiger partial charge in [0.15, 0.2) is 0 Å². The van der Waals surface area contributed by atoms with Gasteiger partial charge < -0.3 is 0 Å². The molecule has 0 N–H and O–H groups in total. The van der Waals surface area contributed by atoms with Crippen LogP contribution in [-0.2, 0) is 0 Å². The third kappa shape index (κ3) is 5.37. The summed E-state index contributed by atoms with van der Waals surface area (Å²) in [5, 5.41) is 0. The number of hydrogen-bond acceptors (Lipinski definition) is 0. The molecule has 0 saturated carbocycles. The minimum Gasteiger partial charge on any atom is -0.227 e. The summed E-state index contributed by atoms with van der Waals surface area (Å²) in [6.45, 7) is 1.94. The molecule has 0 aromatic rings. The van der Waals surface area contributed by atoms with Gasteiger partial charge in [0.05, 0.1) is 0 Å². The van der Waals surface area contributed by atoms with Gasteiger partial charge in [-0.15, -0.1) is 0 Å². The van der Waals surface area contributed by atoms with Gasteiger partial charge in [-0.05, 0) is 12.8 Å². The summed E-state index contributed by atoms with van der Waals surface area (Å²) >= 11 is 0. The SMILES string of the molecule is CCCCCCCCCCC(F)(C(F)(F)F)C(F)(F)C(F)(F)C(F)(F)F. The van der Waals surface area contributed by atoms with Crippen molar-refractivity contribution in [2.45, 2.75) is 94.6 Å². The van der Waals surface area contributed by atoms with Gasteiger partial charge in [-0.1, -0.05) is 51.9 Å². The first-order valence-corrected chi connectivity index (χ1v) is 8.14. The summed E-state index contributed by atoms with van der Waals surface area (Å²) in [6, 6.07) is 0. The first-order valence-electron chi connectivity index (χ1n) is 8.14. The van der Waals surface area contributed by atoms with Crippen LogP contribution in [0.1, 0.15) is 64.7 Å². The molecule has 0 heterocycles. The number of alkyl halides is 11. The molecule has 0 aromatic heterocycles. The van der Waals surface area contributed by atoms with Crippen molar-refractivity contribution >= 4 is 0 Å². The van der Waals surface area contributed by atoms with Crippen LogP contribution in [0.25, 0.3) is 0 Å². The number of halogens is 11. The van der Waals surface area contributed by atoms with E-state index in [-0.39, 0.29) is 12.8 Å². The molecule has 0 rings (SSSR count). The lowest BCUT2D eigenvalue weighted by Crippen LogP contribution is -2.67. The van der Waals surface area contributed by atoms with Gasteiger partial charge in [-0.2, -0.15) is 43.9 Å². The van der Waals surface area contributed by atoms with E-state index in [2.05, 4.69) is 0 Å². The zero-order valence-corrected chi connectivity index (χ0v) is 14.0. The van der Waals surface area contributed by atoms with Crippen LogP contribution in [0.15, 0.2) is 0 Å². The summed E-state index contributed by atoms with van der Waals surface area (Å²) in [6.07, 6.45) is -12.8. The van der Waals surface area contributed by atoms with E-state index in [0.29, 0.717) is 12.8 Å². The molecule has 11 heteroatoms. The number of hydrogen-bond donors (Lipinski definition) is 0. The second-order valence-electron chi connectivity index (χ2n) is 6.17. The molecule has 26 heavy (non-hydrogen) atoms. The Bertz CT molecular complexity index is 411. The second-order valence-corrected chi connectivity index (χ2v) is 6.17. The van der Waals surface area contributed by atoms with E-state index in [1.165, 1.54) is 0 Å². The van der Waals surface area contributed by atoms with Crippen LogP contribution in [0.5, 0.6) is 0 Å². The maximum atomic E-state index is 13.9. The van der Waals surface area contributed by atoms with E-state index in [9.17, 15) is 48.3 Å². The van der Waals surface area contributed by atoms with Crippen molar-refractivity contribution in [3.05, 3.63) is 0 Å². The van der Waals surface area contributed by atoms with Crippen molar-refractivity contribution in [3.63, 3.8) is 0 Å². The number of unbranched alkanes of at least 4 members (excludes halogenated alkanes) is 7. The molecule has 0 spiro atoms. The van der Waals surface area contributed by atoms with Crippen LogP contribution in [-0.4, -0.2) is 29.9 Å². The van der Waals surface area contributed by atoms with E-state index >= 15 is 0 Å². The standard InChI is InChI=1S/C15H21F11/c1-2-3-4-5-6-7-8-9-10-11(16,14(21,22)23)12(17,18)13(19,20)15(24,25)26/h2-10H2,1H3. The quantitative estimate of drug-likeness (QED) is 0.243. The molecule has 1 unspecified atom stereocenters. The van der Waals surface area contributed by atoms with E-state index < -0.39 is 42.7 Å². The van der Waals surface area contributed by atoms with Crippen LogP contribution in [0.4, 0.5) is 48.3 Å². The summed E-state index contributed by atoms with van der Waals surface area (Å²) in [7, 11) is 0. The monoisotopic (exact) mass is 410 g/mol. The Morgan fingerprint density at radius 1 is 0.462 bits per heavy atom. The third-order valence-corrected chi connectivity index (χ3v) is 4.07. The third-order valence-electron chi connectivity index (χ3n) is 4.07. The average molecular weight is 410 g/mol. The van der Waals surface area contributed by atoms with Crippen LogP contribution < -0.4 is 0 Å². The first kappa shape index (κ1) is 25.2. The molecule has 0 nitrogen and oxygen atoms in total. The lowest BCUT2D eigenvalue weighted by molar-refractivity contribution is -0.412. The van der Waals surface area contributed by atoms with E-state index in [1.54, 1.807) is 0 Å². The van der Waals surface area contributed by atoms with E-state index in [1.807, 2.05) is 6.92 Å². The van der Waals surface area contributed by atoms with Gasteiger partial charge in [0.2, 0.25) is 0 Å². The normalized spacial score (nSPS) is 16.6. The lowest BCUT2D eigenvalue weighted by atomic mass is 9.86. The fourth-order valence-corrected chi connectivity index (χ4v) is 2.41. The largest absolute Gasteiger partial charge is 0.460 e. The maximum absolute atomic E-state index is 13.9. The molecule has 158 valence electrons. The summed E-state index contributed by atoms with van der Waals surface area (Å²) < 4.78 is 141. The Morgan fingerprint density at radius 2 is 0.846 bits per heavy atom. The molecule has 0 aliphatic heterocycles. The number of rotatable bonds is 11. The molecule has 0 aliphatic rings. The molecule has 1 atom stereocenters. The topological polar surface area (TPSA) is 0 Å². The zero-order valence-electron chi connectivity index (χ0n) is 14.0. The summed E-state index contributed by atoms with van der Waals surface area (Å²) in [5.41, 5.74) is -5.98. The van der Waals surface area contributed by atoms with Crippen LogP contribution in [0.2, 0.25) is 0 Å². The smallest absolute Gasteiger partial charge is 0.227 e. The van der Waals surface area contributed by atoms with Gasteiger partial charge >= 0.3 is 24.2 Å². The fourth-order valence-electron chi connectivity index (χ4n) is 2.41. The van der Waals surface area contributed by atoms with E-state index in [0.717, 1.165) is 19.3 Å². The molecular formula is C15H21F11. The van der Waals surface area contributed by atoms with Gasteiger partial charge in [-0.25, -0.2) is 4.39 Å². The molecule has 0 radical (unpaired) electrons.